The molecule has 1 N–H and O–H groups in total. The van der Waals surface area contributed by atoms with Crippen molar-refractivity contribution in [1.29, 1.82) is 0 Å². The van der Waals surface area contributed by atoms with Gasteiger partial charge in [-0.1, -0.05) is 6.07 Å². The van der Waals surface area contributed by atoms with Crippen LogP contribution < -0.4 is 10.1 Å². The number of hydrogen-bond acceptors (Lipinski definition) is 3. The van der Waals surface area contributed by atoms with Gasteiger partial charge in [0.05, 0.1) is 12.8 Å². The number of methoxy groups -OCH3 is 1. The molecular formula is C17H17NO2. The largest absolute Gasteiger partial charge is 0.497 e. The van der Waals surface area contributed by atoms with Crippen LogP contribution in [0.1, 0.15) is 27.0 Å². The van der Waals surface area contributed by atoms with Crippen LogP contribution in [0.4, 0.5) is 11.4 Å². The van der Waals surface area contributed by atoms with Gasteiger partial charge < -0.3 is 10.1 Å². The molecule has 20 heavy (non-hydrogen) atoms. The van der Waals surface area contributed by atoms with Crippen LogP contribution in [0.5, 0.6) is 5.75 Å². The lowest BCUT2D eigenvalue weighted by atomic mass is 9.98. The number of aryl methyl sites for hydroxylation is 1. The second-order valence-electron chi connectivity index (χ2n) is 5.18. The van der Waals surface area contributed by atoms with Gasteiger partial charge in [0.15, 0.2) is 5.78 Å². The number of ketones is 1. The first-order chi connectivity index (χ1) is 9.60. The molecule has 0 radical (unpaired) electrons. The molecule has 2 aromatic rings. The van der Waals surface area contributed by atoms with Crippen molar-refractivity contribution >= 4 is 17.2 Å². The van der Waals surface area contributed by atoms with Crippen molar-refractivity contribution in [2.24, 2.45) is 0 Å². The van der Waals surface area contributed by atoms with E-state index in [-0.39, 0.29) is 5.78 Å². The molecule has 3 heteroatoms. The van der Waals surface area contributed by atoms with Gasteiger partial charge >= 0.3 is 0 Å². The molecule has 102 valence electrons. The molecule has 0 spiro atoms. The standard InChI is InChI=1S/C17H17NO2/c1-10-4-6-14-16(19)9-12-8-13(20-3)5-7-15(12)18-17(14)11(10)2/h4-8,18H,9H2,1-3H3. The third kappa shape index (κ3) is 1.95. The molecule has 0 bridgehead atoms. The van der Waals surface area contributed by atoms with Gasteiger partial charge in [-0.05, 0) is 54.8 Å². The monoisotopic (exact) mass is 267 g/mol. The van der Waals surface area contributed by atoms with E-state index >= 15 is 0 Å². The van der Waals surface area contributed by atoms with Crippen molar-refractivity contribution in [1.82, 2.24) is 0 Å². The number of carbonyl (C=O) groups excluding carboxylic acids is 1. The molecule has 0 fully saturated rings. The number of carbonyl (C=O) groups is 1. The highest BCUT2D eigenvalue weighted by Crippen LogP contribution is 2.34. The van der Waals surface area contributed by atoms with E-state index in [4.69, 9.17) is 4.74 Å². The van der Waals surface area contributed by atoms with Crippen LogP contribution in [-0.2, 0) is 6.42 Å². The van der Waals surface area contributed by atoms with Crippen LogP contribution in [0.2, 0.25) is 0 Å². The predicted molar refractivity (Wildman–Crippen MR) is 80.2 cm³/mol. The quantitative estimate of drug-likeness (QED) is 0.854. The summed E-state index contributed by atoms with van der Waals surface area (Å²) in [5.74, 6) is 0.916. The summed E-state index contributed by atoms with van der Waals surface area (Å²) in [6.45, 7) is 4.10. The Morgan fingerprint density at radius 2 is 1.95 bits per heavy atom. The Hall–Kier alpha value is -2.29. The van der Waals surface area contributed by atoms with Crippen LogP contribution in [0, 0.1) is 13.8 Å². The van der Waals surface area contributed by atoms with Crippen LogP contribution in [0.25, 0.3) is 0 Å². The van der Waals surface area contributed by atoms with Gasteiger partial charge in [0.1, 0.15) is 5.75 Å². The van der Waals surface area contributed by atoms with Gasteiger partial charge in [-0.3, -0.25) is 4.79 Å². The molecule has 0 amide bonds. The Kier molecular flexibility index (Phi) is 2.97. The SMILES string of the molecule is COc1ccc2c(c1)CC(=O)c1ccc(C)c(C)c1N2. The summed E-state index contributed by atoms with van der Waals surface area (Å²) in [6.07, 6.45) is 0.398. The lowest BCUT2D eigenvalue weighted by molar-refractivity contribution is 0.0994. The summed E-state index contributed by atoms with van der Waals surface area (Å²) >= 11 is 0. The first-order valence-corrected chi connectivity index (χ1v) is 6.67. The number of benzene rings is 2. The molecule has 0 saturated heterocycles. The van der Waals surface area contributed by atoms with E-state index < -0.39 is 0 Å². The van der Waals surface area contributed by atoms with Crippen LogP contribution in [-0.4, -0.2) is 12.9 Å². The Labute approximate surface area is 118 Å². The van der Waals surface area contributed by atoms with E-state index in [1.807, 2.05) is 37.3 Å². The molecule has 0 saturated carbocycles. The van der Waals surface area contributed by atoms with Gasteiger partial charge in [0.2, 0.25) is 0 Å². The zero-order chi connectivity index (χ0) is 14.3. The average Bonchev–Trinajstić information content (AvgIpc) is 2.58. The van der Waals surface area contributed by atoms with Crippen molar-refractivity contribution in [3.05, 3.63) is 52.6 Å². The van der Waals surface area contributed by atoms with Gasteiger partial charge in [-0.2, -0.15) is 0 Å². The number of nitrogens with one attached hydrogen (secondary N) is 1. The van der Waals surface area contributed by atoms with Gasteiger partial charge in [0.25, 0.3) is 0 Å². The summed E-state index contributed by atoms with van der Waals surface area (Å²) in [6, 6.07) is 9.72. The molecular weight excluding hydrogens is 250 g/mol. The first-order valence-electron chi connectivity index (χ1n) is 6.67. The van der Waals surface area contributed by atoms with Crippen LogP contribution in [0.15, 0.2) is 30.3 Å². The summed E-state index contributed by atoms with van der Waals surface area (Å²) in [5.41, 5.74) is 5.96. The maximum absolute atomic E-state index is 12.5. The maximum Gasteiger partial charge on any atom is 0.169 e. The third-order valence-electron chi connectivity index (χ3n) is 3.96. The van der Waals surface area contributed by atoms with Crippen molar-refractivity contribution < 1.29 is 9.53 Å². The van der Waals surface area contributed by atoms with Gasteiger partial charge in [0, 0.05) is 17.7 Å². The second kappa shape index (κ2) is 4.67. The molecule has 1 aliphatic rings. The fourth-order valence-corrected chi connectivity index (χ4v) is 2.58. The van der Waals surface area contributed by atoms with E-state index in [0.29, 0.717) is 6.42 Å². The number of Topliss-reactive ketones (excluding diaryl/α,β-unsaturated/α-hetero) is 1. The highest BCUT2D eigenvalue weighted by molar-refractivity contribution is 6.06. The lowest BCUT2D eigenvalue weighted by Gasteiger charge is -2.14. The van der Waals surface area contributed by atoms with E-state index in [2.05, 4.69) is 12.2 Å². The Balaban J connectivity index is 2.17. The zero-order valence-corrected chi connectivity index (χ0v) is 11.9. The van der Waals surface area contributed by atoms with Gasteiger partial charge in [-0.25, -0.2) is 0 Å². The highest BCUT2D eigenvalue weighted by Gasteiger charge is 2.21. The lowest BCUT2D eigenvalue weighted by Crippen LogP contribution is -2.04. The molecule has 0 atom stereocenters. The molecule has 0 aromatic heterocycles. The topological polar surface area (TPSA) is 38.3 Å². The second-order valence-corrected chi connectivity index (χ2v) is 5.18. The first kappa shape index (κ1) is 12.7. The number of hydrogen-bond donors (Lipinski definition) is 1. The minimum atomic E-state index is 0.141. The highest BCUT2D eigenvalue weighted by atomic mass is 16.5. The number of anilines is 2. The van der Waals surface area contributed by atoms with Crippen LogP contribution in [0.3, 0.4) is 0 Å². The van der Waals surface area contributed by atoms with Crippen LogP contribution >= 0.6 is 0 Å². The summed E-state index contributed by atoms with van der Waals surface area (Å²) in [4.78, 5) is 12.5. The maximum atomic E-state index is 12.5. The number of fused-ring (bicyclic) bond motifs is 2. The van der Waals surface area contributed by atoms with E-state index in [1.54, 1.807) is 7.11 Å². The fraction of sp³-hybridized carbons (Fsp3) is 0.235. The molecule has 1 heterocycles. The Morgan fingerprint density at radius 3 is 2.70 bits per heavy atom. The van der Waals surface area contributed by atoms with Crippen molar-refractivity contribution in [3.63, 3.8) is 0 Å². The average molecular weight is 267 g/mol. The van der Waals surface area contributed by atoms with E-state index in [0.717, 1.165) is 33.8 Å². The smallest absolute Gasteiger partial charge is 0.169 e. The van der Waals surface area contributed by atoms with Crippen molar-refractivity contribution in [2.75, 3.05) is 12.4 Å². The van der Waals surface area contributed by atoms with Crippen molar-refractivity contribution in [2.45, 2.75) is 20.3 Å². The molecule has 0 unspecified atom stereocenters. The number of ether oxygens (including phenoxy) is 1. The van der Waals surface area contributed by atoms with Gasteiger partial charge in [-0.15, -0.1) is 0 Å². The van der Waals surface area contributed by atoms with Crippen molar-refractivity contribution in [3.8, 4) is 5.75 Å². The molecule has 3 nitrogen and oxygen atoms in total. The summed E-state index contributed by atoms with van der Waals surface area (Å²) in [7, 11) is 1.63. The Morgan fingerprint density at radius 1 is 1.15 bits per heavy atom. The predicted octanol–water partition coefficient (Wildman–Crippen LogP) is 3.79. The minimum absolute atomic E-state index is 0.141. The number of rotatable bonds is 1. The zero-order valence-electron chi connectivity index (χ0n) is 11.9. The summed E-state index contributed by atoms with van der Waals surface area (Å²) in [5, 5.41) is 3.42. The van der Waals surface area contributed by atoms with E-state index in [1.165, 1.54) is 5.56 Å². The van der Waals surface area contributed by atoms with E-state index in [9.17, 15) is 4.79 Å². The molecule has 3 rings (SSSR count). The fourth-order valence-electron chi connectivity index (χ4n) is 2.58. The molecule has 2 aromatic carbocycles. The summed E-state index contributed by atoms with van der Waals surface area (Å²) < 4.78 is 5.24. The normalized spacial score (nSPS) is 13.1. The molecule has 0 aliphatic carbocycles. The Bertz CT molecular complexity index is 704. The third-order valence-corrected chi connectivity index (χ3v) is 3.96. The molecule has 1 aliphatic heterocycles. The minimum Gasteiger partial charge on any atom is -0.497 e.